The smallest absolute Gasteiger partial charge is 0.191 e. The molecule has 0 fully saturated rings. The molecule has 1 aromatic heterocycles. The summed E-state index contributed by atoms with van der Waals surface area (Å²) in [6.45, 7) is 11.6. The molecule has 5 heteroatoms. The Balaban J connectivity index is 1.91. The Morgan fingerprint density at radius 3 is 2.68 bits per heavy atom. The third kappa shape index (κ3) is 6.09. The molecule has 0 saturated heterocycles. The van der Waals surface area contributed by atoms with Gasteiger partial charge in [0.05, 0.1) is 12.6 Å². The van der Waals surface area contributed by atoms with E-state index in [9.17, 15) is 0 Å². The first-order valence-electron chi connectivity index (χ1n) is 9.34. The predicted molar refractivity (Wildman–Crippen MR) is 106 cm³/mol. The van der Waals surface area contributed by atoms with Crippen molar-refractivity contribution in [3.05, 3.63) is 36.0 Å². The van der Waals surface area contributed by atoms with Gasteiger partial charge in [0.2, 0.25) is 0 Å². The highest BCUT2D eigenvalue weighted by atomic mass is 16.5. The second kappa shape index (κ2) is 10.1. The van der Waals surface area contributed by atoms with Crippen molar-refractivity contribution in [3.8, 4) is 0 Å². The van der Waals surface area contributed by atoms with E-state index in [-0.39, 0.29) is 6.10 Å². The Hall–Kier alpha value is -2.01. The van der Waals surface area contributed by atoms with Crippen molar-refractivity contribution in [3.63, 3.8) is 0 Å². The van der Waals surface area contributed by atoms with Crippen LogP contribution >= 0.6 is 0 Å². The van der Waals surface area contributed by atoms with Crippen LogP contribution in [0.15, 0.2) is 35.3 Å². The van der Waals surface area contributed by atoms with Crippen LogP contribution in [0.5, 0.6) is 0 Å². The van der Waals surface area contributed by atoms with E-state index in [2.05, 4.69) is 72.6 Å². The minimum atomic E-state index is 0.286. The molecule has 25 heavy (non-hydrogen) atoms. The van der Waals surface area contributed by atoms with Crippen LogP contribution in [0.3, 0.4) is 0 Å². The molecule has 0 spiro atoms. The lowest BCUT2D eigenvalue weighted by Crippen LogP contribution is -2.39. The summed E-state index contributed by atoms with van der Waals surface area (Å²) in [4.78, 5) is 8.11. The number of aliphatic imine (C=N–C) groups is 1. The van der Waals surface area contributed by atoms with Gasteiger partial charge in [-0.3, -0.25) is 0 Å². The van der Waals surface area contributed by atoms with E-state index < -0.39 is 0 Å². The van der Waals surface area contributed by atoms with Gasteiger partial charge >= 0.3 is 0 Å². The molecule has 0 bridgehead atoms. The average molecular weight is 345 g/mol. The van der Waals surface area contributed by atoms with E-state index in [4.69, 9.17) is 4.74 Å². The van der Waals surface area contributed by atoms with E-state index in [1.165, 1.54) is 5.39 Å². The standard InChI is InChI=1S/C20H32N4O/c1-5-21-20(22-12-11-19(15(3)4)25-6-2)23-14-17-13-16-9-7-8-10-18(16)24-17/h7-10,13,15,19,24H,5-6,11-12,14H2,1-4H3,(H2,21,22,23). The van der Waals surface area contributed by atoms with Crippen LogP contribution in [0.1, 0.15) is 39.8 Å². The first-order valence-corrected chi connectivity index (χ1v) is 9.34. The molecule has 1 atom stereocenters. The number of para-hydroxylation sites is 1. The summed E-state index contributed by atoms with van der Waals surface area (Å²) in [5.41, 5.74) is 2.27. The zero-order valence-corrected chi connectivity index (χ0v) is 15.9. The summed E-state index contributed by atoms with van der Waals surface area (Å²) < 4.78 is 5.80. The minimum Gasteiger partial charge on any atom is -0.378 e. The highest BCUT2D eigenvalue weighted by Gasteiger charge is 2.13. The van der Waals surface area contributed by atoms with Crippen molar-refractivity contribution in [2.24, 2.45) is 10.9 Å². The zero-order chi connectivity index (χ0) is 18.1. The quantitative estimate of drug-likeness (QED) is 0.480. The maximum absolute atomic E-state index is 5.80. The van der Waals surface area contributed by atoms with Crippen LogP contribution in [0, 0.1) is 5.92 Å². The Labute approximate surface area is 151 Å². The van der Waals surface area contributed by atoms with Gasteiger partial charge in [0.25, 0.3) is 0 Å². The van der Waals surface area contributed by atoms with Crippen molar-refractivity contribution >= 4 is 16.9 Å². The Morgan fingerprint density at radius 2 is 2.00 bits per heavy atom. The largest absolute Gasteiger partial charge is 0.378 e. The van der Waals surface area contributed by atoms with Gasteiger partial charge in [-0.15, -0.1) is 0 Å². The van der Waals surface area contributed by atoms with Crippen molar-refractivity contribution in [1.29, 1.82) is 0 Å². The van der Waals surface area contributed by atoms with Crippen LogP contribution < -0.4 is 10.6 Å². The molecule has 1 heterocycles. The molecule has 0 aliphatic carbocycles. The molecule has 2 rings (SSSR count). The Bertz CT molecular complexity index is 630. The van der Waals surface area contributed by atoms with Crippen LogP contribution in [0.25, 0.3) is 10.9 Å². The Morgan fingerprint density at radius 1 is 1.20 bits per heavy atom. The van der Waals surface area contributed by atoms with Gasteiger partial charge in [0.1, 0.15) is 0 Å². The normalized spacial score (nSPS) is 13.4. The first-order chi connectivity index (χ1) is 12.1. The fraction of sp³-hybridized carbons (Fsp3) is 0.550. The van der Waals surface area contributed by atoms with Crippen molar-refractivity contribution < 1.29 is 4.74 Å². The van der Waals surface area contributed by atoms with Crippen LogP contribution in [0.2, 0.25) is 0 Å². The van der Waals surface area contributed by atoms with E-state index in [0.29, 0.717) is 12.5 Å². The highest BCUT2D eigenvalue weighted by molar-refractivity contribution is 5.81. The molecular weight excluding hydrogens is 312 g/mol. The predicted octanol–water partition coefficient (Wildman–Crippen LogP) is 3.67. The topological polar surface area (TPSA) is 61.4 Å². The van der Waals surface area contributed by atoms with Gasteiger partial charge in [0.15, 0.2) is 5.96 Å². The zero-order valence-electron chi connectivity index (χ0n) is 15.9. The molecule has 0 amide bonds. The van der Waals surface area contributed by atoms with Crippen molar-refractivity contribution in [1.82, 2.24) is 15.6 Å². The number of guanidine groups is 1. The molecule has 1 unspecified atom stereocenters. The number of benzene rings is 1. The summed E-state index contributed by atoms with van der Waals surface area (Å²) in [5.74, 6) is 1.37. The summed E-state index contributed by atoms with van der Waals surface area (Å²) in [5, 5.41) is 7.94. The highest BCUT2D eigenvalue weighted by Crippen LogP contribution is 2.15. The van der Waals surface area contributed by atoms with Crippen molar-refractivity contribution in [2.75, 3.05) is 19.7 Å². The van der Waals surface area contributed by atoms with Gasteiger partial charge in [-0.2, -0.15) is 0 Å². The van der Waals surface area contributed by atoms with E-state index in [1.54, 1.807) is 0 Å². The van der Waals surface area contributed by atoms with Gasteiger partial charge in [-0.05, 0) is 43.7 Å². The third-order valence-electron chi connectivity index (χ3n) is 4.18. The molecule has 5 nitrogen and oxygen atoms in total. The van der Waals surface area contributed by atoms with Crippen LogP contribution in [-0.4, -0.2) is 36.7 Å². The third-order valence-corrected chi connectivity index (χ3v) is 4.18. The summed E-state index contributed by atoms with van der Waals surface area (Å²) >= 11 is 0. The maximum atomic E-state index is 5.80. The fourth-order valence-electron chi connectivity index (χ4n) is 2.88. The van der Waals surface area contributed by atoms with Crippen LogP contribution in [0.4, 0.5) is 0 Å². The average Bonchev–Trinajstić information content (AvgIpc) is 3.01. The fourth-order valence-corrected chi connectivity index (χ4v) is 2.88. The van der Waals surface area contributed by atoms with E-state index in [0.717, 1.165) is 43.3 Å². The summed E-state index contributed by atoms with van der Waals surface area (Å²) in [6, 6.07) is 10.5. The Kier molecular flexibility index (Phi) is 7.79. The van der Waals surface area contributed by atoms with Gasteiger partial charge in [-0.25, -0.2) is 4.99 Å². The lowest BCUT2D eigenvalue weighted by atomic mass is 10.0. The molecule has 138 valence electrons. The number of hydrogen-bond donors (Lipinski definition) is 3. The summed E-state index contributed by atoms with van der Waals surface area (Å²) in [6.07, 6.45) is 1.26. The van der Waals surface area contributed by atoms with Crippen molar-refractivity contribution in [2.45, 2.75) is 46.8 Å². The number of H-pyrrole nitrogens is 1. The summed E-state index contributed by atoms with van der Waals surface area (Å²) in [7, 11) is 0. The maximum Gasteiger partial charge on any atom is 0.191 e. The number of aromatic nitrogens is 1. The van der Waals surface area contributed by atoms with E-state index in [1.807, 2.05) is 6.07 Å². The molecule has 0 aliphatic rings. The SMILES string of the molecule is CCNC(=NCc1cc2ccccc2[nH]1)NCCC(OCC)C(C)C. The number of ether oxygens (including phenoxy) is 1. The number of nitrogens with zero attached hydrogens (tertiary/aromatic N) is 1. The molecule has 0 saturated carbocycles. The molecule has 3 N–H and O–H groups in total. The second-order valence-corrected chi connectivity index (χ2v) is 6.53. The second-order valence-electron chi connectivity index (χ2n) is 6.53. The molecule has 1 aromatic carbocycles. The number of hydrogen-bond acceptors (Lipinski definition) is 2. The molecular formula is C20H32N4O. The van der Waals surface area contributed by atoms with Gasteiger partial charge in [0, 0.05) is 30.9 Å². The van der Waals surface area contributed by atoms with Crippen LogP contribution in [-0.2, 0) is 11.3 Å². The molecule has 0 aliphatic heterocycles. The lowest BCUT2D eigenvalue weighted by molar-refractivity contribution is 0.0258. The number of aromatic amines is 1. The van der Waals surface area contributed by atoms with Gasteiger partial charge < -0.3 is 20.4 Å². The number of nitrogens with one attached hydrogen (secondary N) is 3. The van der Waals surface area contributed by atoms with Gasteiger partial charge in [-0.1, -0.05) is 32.0 Å². The van der Waals surface area contributed by atoms with E-state index >= 15 is 0 Å². The monoisotopic (exact) mass is 344 g/mol. The molecule has 2 aromatic rings. The molecule has 0 radical (unpaired) electrons. The lowest BCUT2D eigenvalue weighted by Gasteiger charge is -2.21. The number of rotatable bonds is 9. The minimum absolute atomic E-state index is 0.286. The first kappa shape index (κ1) is 19.3. The number of fused-ring (bicyclic) bond motifs is 1.